The predicted molar refractivity (Wildman–Crippen MR) is 115 cm³/mol. The summed E-state index contributed by atoms with van der Waals surface area (Å²) in [6.45, 7) is 2.90. The van der Waals surface area contributed by atoms with E-state index in [0.29, 0.717) is 24.5 Å². The molecule has 0 spiro atoms. The molecule has 0 unspecified atom stereocenters. The van der Waals surface area contributed by atoms with Crippen molar-refractivity contribution in [2.75, 3.05) is 44.3 Å². The van der Waals surface area contributed by atoms with Crippen LogP contribution in [-0.4, -0.2) is 58.0 Å². The Morgan fingerprint density at radius 3 is 2.45 bits per heavy atom. The molecule has 1 N–H and O–H groups in total. The first-order valence-corrected chi connectivity index (χ1v) is 11.9. The number of sulfonamides is 1. The Labute approximate surface area is 181 Å². The topological polar surface area (TPSA) is 79.0 Å². The molecule has 1 amide bonds. The van der Waals surface area contributed by atoms with Crippen molar-refractivity contribution in [1.82, 2.24) is 9.62 Å². The molecule has 0 saturated carbocycles. The molecular weight excluding hydrogens is 421 g/mol. The second-order valence-electron chi connectivity index (χ2n) is 7.66. The van der Waals surface area contributed by atoms with Crippen molar-refractivity contribution >= 4 is 21.6 Å². The molecule has 0 aromatic heterocycles. The zero-order valence-electron chi connectivity index (χ0n) is 17.2. The Morgan fingerprint density at radius 2 is 1.74 bits per heavy atom. The van der Waals surface area contributed by atoms with Crippen LogP contribution in [0.25, 0.3) is 0 Å². The first-order chi connectivity index (χ1) is 15.0. The summed E-state index contributed by atoms with van der Waals surface area (Å²) >= 11 is 0. The molecule has 166 valence electrons. The van der Waals surface area contributed by atoms with Gasteiger partial charge < -0.3 is 15.0 Å². The van der Waals surface area contributed by atoms with E-state index >= 15 is 0 Å². The highest BCUT2D eigenvalue weighted by Crippen LogP contribution is 2.29. The molecule has 31 heavy (non-hydrogen) atoms. The number of rotatable bonds is 6. The number of benzene rings is 2. The highest BCUT2D eigenvalue weighted by molar-refractivity contribution is 7.89. The van der Waals surface area contributed by atoms with Crippen molar-refractivity contribution < 1.29 is 22.3 Å². The van der Waals surface area contributed by atoms with Crippen LogP contribution >= 0.6 is 0 Å². The van der Waals surface area contributed by atoms with Gasteiger partial charge in [-0.1, -0.05) is 18.2 Å². The van der Waals surface area contributed by atoms with Crippen LogP contribution in [-0.2, 0) is 21.3 Å². The van der Waals surface area contributed by atoms with Crippen LogP contribution in [0.2, 0.25) is 0 Å². The van der Waals surface area contributed by atoms with Gasteiger partial charge in [0.25, 0.3) is 5.91 Å². The molecule has 2 aromatic rings. The Hall–Kier alpha value is -2.49. The largest absolute Gasteiger partial charge is 0.379 e. The second kappa shape index (κ2) is 9.33. The van der Waals surface area contributed by atoms with Crippen molar-refractivity contribution in [3.05, 3.63) is 59.4 Å². The van der Waals surface area contributed by atoms with E-state index in [-0.39, 0.29) is 30.1 Å². The molecule has 2 heterocycles. The number of carbonyl (C=O) groups is 1. The predicted octanol–water partition coefficient (Wildman–Crippen LogP) is 2.38. The Balaban J connectivity index is 1.63. The van der Waals surface area contributed by atoms with Crippen LogP contribution in [0, 0.1) is 5.82 Å². The van der Waals surface area contributed by atoms with Gasteiger partial charge in [-0.25, -0.2) is 12.8 Å². The zero-order valence-corrected chi connectivity index (χ0v) is 18.0. The Kier molecular flexibility index (Phi) is 6.54. The van der Waals surface area contributed by atoms with E-state index in [1.54, 1.807) is 30.3 Å². The van der Waals surface area contributed by atoms with Crippen LogP contribution in [0.5, 0.6) is 0 Å². The summed E-state index contributed by atoms with van der Waals surface area (Å²) in [5, 5.41) is 2.74. The molecule has 0 radical (unpaired) electrons. The van der Waals surface area contributed by atoms with Gasteiger partial charge in [-0.05, 0) is 37.1 Å². The van der Waals surface area contributed by atoms with Crippen molar-refractivity contribution in [3.8, 4) is 0 Å². The van der Waals surface area contributed by atoms with E-state index in [1.165, 1.54) is 16.4 Å². The molecule has 0 bridgehead atoms. The molecule has 2 aliphatic heterocycles. The van der Waals surface area contributed by atoms with Gasteiger partial charge in [0.2, 0.25) is 10.0 Å². The van der Waals surface area contributed by atoms with E-state index < -0.39 is 21.7 Å². The number of hydrogen-bond donors (Lipinski definition) is 1. The highest BCUT2D eigenvalue weighted by Gasteiger charge is 2.29. The lowest BCUT2D eigenvalue weighted by Crippen LogP contribution is -2.40. The minimum atomic E-state index is -3.74. The van der Waals surface area contributed by atoms with Gasteiger partial charge in [0, 0.05) is 44.0 Å². The maximum absolute atomic E-state index is 13.9. The fourth-order valence-electron chi connectivity index (χ4n) is 3.94. The fourth-order valence-corrected chi connectivity index (χ4v) is 5.37. The van der Waals surface area contributed by atoms with E-state index in [2.05, 4.69) is 10.2 Å². The lowest BCUT2D eigenvalue weighted by Gasteiger charge is -2.27. The number of nitrogens with zero attached hydrogens (tertiary/aromatic N) is 2. The molecule has 7 nitrogen and oxygen atoms in total. The summed E-state index contributed by atoms with van der Waals surface area (Å²) in [4.78, 5) is 15.2. The maximum atomic E-state index is 13.9. The van der Waals surface area contributed by atoms with E-state index in [1.807, 2.05) is 0 Å². The minimum absolute atomic E-state index is 0.0192. The lowest BCUT2D eigenvalue weighted by atomic mass is 10.1. The number of carbonyl (C=O) groups excluding carboxylic acids is 1. The SMILES string of the molecule is O=C(NCc1ccccc1F)c1cc(S(=O)(=O)N2CCOCC2)ccc1N1CCCC1. The van der Waals surface area contributed by atoms with Gasteiger partial charge in [-0.3, -0.25) is 4.79 Å². The monoisotopic (exact) mass is 447 g/mol. The van der Waals surface area contributed by atoms with Crippen molar-refractivity contribution in [3.63, 3.8) is 0 Å². The minimum Gasteiger partial charge on any atom is -0.379 e. The summed E-state index contributed by atoms with van der Waals surface area (Å²) in [6, 6.07) is 10.9. The quantitative estimate of drug-likeness (QED) is 0.736. The van der Waals surface area contributed by atoms with Crippen LogP contribution in [0.4, 0.5) is 10.1 Å². The third-order valence-corrected chi connectivity index (χ3v) is 7.56. The van der Waals surface area contributed by atoms with Crippen molar-refractivity contribution in [2.45, 2.75) is 24.3 Å². The second-order valence-corrected chi connectivity index (χ2v) is 9.60. The number of anilines is 1. The van der Waals surface area contributed by atoms with Gasteiger partial charge in [-0.2, -0.15) is 4.31 Å². The molecular formula is C22H26FN3O4S. The number of morpholine rings is 1. The number of nitrogens with one attached hydrogen (secondary N) is 1. The summed E-state index contributed by atoms with van der Waals surface area (Å²) in [6.07, 6.45) is 2.04. The fraction of sp³-hybridized carbons (Fsp3) is 0.409. The van der Waals surface area contributed by atoms with Gasteiger partial charge in [-0.15, -0.1) is 0 Å². The zero-order chi connectivity index (χ0) is 21.8. The highest BCUT2D eigenvalue weighted by atomic mass is 32.2. The Bertz CT molecular complexity index is 1050. The van der Waals surface area contributed by atoms with Crippen LogP contribution in [0.3, 0.4) is 0 Å². The van der Waals surface area contributed by atoms with Crippen LogP contribution in [0.15, 0.2) is 47.4 Å². The first kappa shape index (κ1) is 21.7. The van der Waals surface area contributed by atoms with E-state index in [9.17, 15) is 17.6 Å². The van der Waals surface area contributed by atoms with Crippen LogP contribution < -0.4 is 10.2 Å². The molecule has 2 aromatic carbocycles. The average Bonchev–Trinajstić information content (AvgIpc) is 3.33. The average molecular weight is 448 g/mol. The van der Waals surface area contributed by atoms with Gasteiger partial charge >= 0.3 is 0 Å². The smallest absolute Gasteiger partial charge is 0.253 e. The number of halogens is 1. The Morgan fingerprint density at radius 1 is 1.03 bits per heavy atom. The van der Waals surface area contributed by atoms with Gasteiger partial charge in [0.1, 0.15) is 5.82 Å². The molecule has 9 heteroatoms. The number of amides is 1. The van der Waals surface area contributed by atoms with Crippen molar-refractivity contribution in [1.29, 1.82) is 0 Å². The maximum Gasteiger partial charge on any atom is 0.253 e. The normalized spacial score (nSPS) is 17.6. The van der Waals surface area contributed by atoms with E-state index in [4.69, 9.17) is 4.74 Å². The number of hydrogen-bond acceptors (Lipinski definition) is 5. The van der Waals surface area contributed by atoms with Crippen molar-refractivity contribution in [2.24, 2.45) is 0 Å². The molecule has 2 aliphatic rings. The molecule has 0 atom stereocenters. The third-order valence-electron chi connectivity index (χ3n) is 5.66. The van der Waals surface area contributed by atoms with Crippen LogP contribution in [0.1, 0.15) is 28.8 Å². The lowest BCUT2D eigenvalue weighted by molar-refractivity contribution is 0.0730. The van der Waals surface area contributed by atoms with Gasteiger partial charge in [0.15, 0.2) is 0 Å². The summed E-state index contributed by atoms with van der Waals surface area (Å²) < 4.78 is 46.8. The van der Waals surface area contributed by atoms with E-state index in [0.717, 1.165) is 25.9 Å². The third kappa shape index (κ3) is 4.73. The standard InChI is InChI=1S/C22H26FN3O4S/c23-20-6-2-1-5-17(20)16-24-22(27)19-15-18(7-8-21(19)25-9-3-4-10-25)31(28,29)26-11-13-30-14-12-26/h1-2,5-8,15H,3-4,9-14,16H2,(H,24,27). The molecule has 2 saturated heterocycles. The first-order valence-electron chi connectivity index (χ1n) is 10.5. The molecule has 0 aliphatic carbocycles. The summed E-state index contributed by atoms with van der Waals surface area (Å²) in [7, 11) is -3.74. The molecule has 4 rings (SSSR count). The summed E-state index contributed by atoms with van der Waals surface area (Å²) in [5.74, 6) is -0.824. The number of ether oxygens (including phenoxy) is 1. The summed E-state index contributed by atoms with van der Waals surface area (Å²) in [5.41, 5.74) is 1.35. The van der Waals surface area contributed by atoms with Gasteiger partial charge in [0.05, 0.1) is 23.7 Å². The molecule has 2 fully saturated rings.